The van der Waals surface area contributed by atoms with Crippen LogP contribution in [0.5, 0.6) is 5.88 Å². The van der Waals surface area contributed by atoms with E-state index in [1.54, 1.807) is 18.9 Å². The molecule has 0 spiro atoms. The molecule has 11 heteroatoms. The molecule has 1 N–H and O–H groups in total. The molecule has 2 rings (SSSR count). The van der Waals surface area contributed by atoms with E-state index in [0.717, 1.165) is 12.1 Å². The predicted octanol–water partition coefficient (Wildman–Crippen LogP) is 1.06. The van der Waals surface area contributed by atoms with Gasteiger partial charge in [0.1, 0.15) is 5.56 Å². The molecule has 2 heterocycles. The number of amides is 1. The van der Waals surface area contributed by atoms with Gasteiger partial charge in [0.25, 0.3) is 0 Å². The molecule has 2 aromatic heterocycles. The molecule has 1 amide bonds. The number of carbonyl (C=O) groups excluding carboxylic acids is 1. The fraction of sp³-hybridized carbons (Fsp3) is 0.647. The van der Waals surface area contributed by atoms with E-state index in [2.05, 4.69) is 20.6 Å². The van der Waals surface area contributed by atoms with Gasteiger partial charge in [-0.1, -0.05) is 11.8 Å². The number of aryl methyl sites for hydroxylation is 1. The molecule has 156 valence electrons. The maximum Gasteiger partial charge on any atom is 0.243 e. The van der Waals surface area contributed by atoms with Crippen molar-refractivity contribution in [3.8, 4) is 17.3 Å². The van der Waals surface area contributed by atoms with Gasteiger partial charge < -0.3 is 19.5 Å². The zero-order valence-electron chi connectivity index (χ0n) is 16.8. The summed E-state index contributed by atoms with van der Waals surface area (Å²) in [5.74, 6) is 1.31. The molecule has 0 aromatic carbocycles. The van der Waals surface area contributed by atoms with Crippen molar-refractivity contribution in [3.05, 3.63) is 6.20 Å². The maximum absolute atomic E-state index is 12.0. The van der Waals surface area contributed by atoms with Crippen molar-refractivity contribution < 1.29 is 19.0 Å². The van der Waals surface area contributed by atoms with E-state index in [0.29, 0.717) is 49.8 Å². The Kier molecular flexibility index (Phi) is 9.24. The number of rotatable bonds is 13. The molecule has 10 nitrogen and oxygen atoms in total. The van der Waals surface area contributed by atoms with E-state index in [9.17, 15) is 4.79 Å². The Morgan fingerprint density at radius 1 is 1.21 bits per heavy atom. The Labute approximate surface area is 168 Å². The first kappa shape index (κ1) is 22.2. The van der Waals surface area contributed by atoms with Gasteiger partial charge in [0.2, 0.25) is 11.8 Å². The minimum absolute atomic E-state index is 0.0845. The van der Waals surface area contributed by atoms with Gasteiger partial charge in [-0.15, -0.1) is 15.3 Å². The minimum atomic E-state index is -0.0845. The Balaban J connectivity index is 2.21. The normalized spacial score (nSPS) is 11.0. The molecule has 0 saturated carbocycles. The van der Waals surface area contributed by atoms with Gasteiger partial charge in [-0.25, -0.2) is 0 Å². The van der Waals surface area contributed by atoms with Crippen LogP contribution in [0, 0.1) is 0 Å². The monoisotopic (exact) mass is 412 g/mol. The standard InChI is InChI=1S/C17H28N6O4S/c1-5-22-11-13(16(21-22)27-6-2)15-19-20-17(23(15)8-10-26-4)28-12-14(24)18-7-9-25-3/h11H,5-10,12H2,1-4H3,(H,18,24). The first-order valence-corrected chi connectivity index (χ1v) is 10.1. The summed E-state index contributed by atoms with van der Waals surface area (Å²) in [6.07, 6.45) is 1.89. The van der Waals surface area contributed by atoms with Crippen molar-refractivity contribution in [1.82, 2.24) is 29.9 Å². The third-order valence-electron chi connectivity index (χ3n) is 3.77. The van der Waals surface area contributed by atoms with Crippen molar-refractivity contribution in [2.75, 3.05) is 46.3 Å². The lowest BCUT2D eigenvalue weighted by Gasteiger charge is -2.10. The van der Waals surface area contributed by atoms with E-state index in [4.69, 9.17) is 14.2 Å². The van der Waals surface area contributed by atoms with E-state index >= 15 is 0 Å². The summed E-state index contributed by atoms with van der Waals surface area (Å²) in [7, 11) is 3.23. The Morgan fingerprint density at radius 3 is 2.68 bits per heavy atom. The fourth-order valence-electron chi connectivity index (χ4n) is 2.41. The number of aromatic nitrogens is 5. The van der Waals surface area contributed by atoms with Crippen LogP contribution < -0.4 is 10.1 Å². The van der Waals surface area contributed by atoms with Crippen molar-refractivity contribution in [2.45, 2.75) is 32.1 Å². The van der Waals surface area contributed by atoms with E-state index in [-0.39, 0.29) is 11.7 Å². The maximum atomic E-state index is 12.0. The molecule has 0 atom stereocenters. The smallest absolute Gasteiger partial charge is 0.243 e. The van der Waals surface area contributed by atoms with Crippen LogP contribution >= 0.6 is 11.8 Å². The molecule has 0 unspecified atom stereocenters. The lowest BCUT2D eigenvalue weighted by Crippen LogP contribution is -2.28. The van der Waals surface area contributed by atoms with Crippen molar-refractivity contribution in [1.29, 1.82) is 0 Å². The summed E-state index contributed by atoms with van der Waals surface area (Å²) < 4.78 is 19.5. The van der Waals surface area contributed by atoms with Gasteiger partial charge in [-0.2, -0.15) is 0 Å². The molecule has 28 heavy (non-hydrogen) atoms. The summed E-state index contributed by atoms with van der Waals surface area (Å²) in [5, 5.41) is 16.5. The highest BCUT2D eigenvalue weighted by molar-refractivity contribution is 7.99. The van der Waals surface area contributed by atoms with Crippen LogP contribution in [0.4, 0.5) is 0 Å². The second kappa shape index (κ2) is 11.7. The first-order valence-electron chi connectivity index (χ1n) is 9.15. The lowest BCUT2D eigenvalue weighted by molar-refractivity contribution is -0.118. The highest BCUT2D eigenvalue weighted by atomic mass is 32.2. The van der Waals surface area contributed by atoms with Crippen LogP contribution in [-0.2, 0) is 27.4 Å². The summed E-state index contributed by atoms with van der Waals surface area (Å²) in [5.41, 5.74) is 0.767. The summed E-state index contributed by atoms with van der Waals surface area (Å²) >= 11 is 1.32. The number of nitrogens with one attached hydrogen (secondary N) is 1. The van der Waals surface area contributed by atoms with Crippen molar-refractivity contribution >= 4 is 17.7 Å². The zero-order valence-corrected chi connectivity index (χ0v) is 17.6. The molecular formula is C17H28N6O4S. The molecule has 0 saturated heterocycles. The molecular weight excluding hydrogens is 384 g/mol. The van der Waals surface area contributed by atoms with Crippen LogP contribution in [0.15, 0.2) is 11.4 Å². The van der Waals surface area contributed by atoms with Gasteiger partial charge in [0.05, 0.1) is 32.1 Å². The number of carbonyl (C=O) groups is 1. The van der Waals surface area contributed by atoms with Crippen LogP contribution in [0.2, 0.25) is 0 Å². The van der Waals surface area contributed by atoms with Crippen LogP contribution in [0.3, 0.4) is 0 Å². The third-order valence-corrected chi connectivity index (χ3v) is 4.74. The predicted molar refractivity (Wildman–Crippen MR) is 106 cm³/mol. The second-order valence-corrected chi connectivity index (χ2v) is 6.66. The fourth-order valence-corrected chi connectivity index (χ4v) is 3.21. The molecule has 0 radical (unpaired) electrons. The summed E-state index contributed by atoms with van der Waals surface area (Å²) in [4.78, 5) is 12.0. The molecule has 0 aliphatic rings. The number of nitrogens with zero attached hydrogens (tertiary/aromatic N) is 5. The summed E-state index contributed by atoms with van der Waals surface area (Å²) in [6, 6.07) is 0. The number of hydrogen-bond acceptors (Lipinski definition) is 8. The first-order chi connectivity index (χ1) is 13.6. The number of hydrogen-bond donors (Lipinski definition) is 1. The van der Waals surface area contributed by atoms with Gasteiger partial charge in [-0.3, -0.25) is 14.0 Å². The quantitative estimate of drug-likeness (QED) is 0.385. The van der Waals surface area contributed by atoms with Gasteiger partial charge in [0, 0.05) is 33.5 Å². The van der Waals surface area contributed by atoms with Crippen molar-refractivity contribution in [3.63, 3.8) is 0 Å². The molecule has 0 bridgehead atoms. The van der Waals surface area contributed by atoms with Gasteiger partial charge >= 0.3 is 0 Å². The third kappa shape index (κ3) is 5.94. The topological polar surface area (TPSA) is 105 Å². The molecule has 0 fully saturated rings. The van der Waals surface area contributed by atoms with E-state index in [1.165, 1.54) is 11.8 Å². The second-order valence-electron chi connectivity index (χ2n) is 5.72. The molecule has 0 aliphatic carbocycles. The molecule has 0 aliphatic heterocycles. The Bertz CT molecular complexity index is 748. The zero-order chi connectivity index (χ0) is 20.4. The highest BCUT2D eigenvalue weighted by Gasteiger charge is 2.21. The number of methoxy groups -OCH3 is 2. The average Bonchev–Trinajstić information content (AvgIpc) is 3.28. The Hall–Kier alpha value is -2.11. The van der Waals surface area contributed by atoms with Gasteiger partial charge in [-0.05, 0) is 13.8 Å². The average molecular weight is 413 g/mol. The largest absolute Gasteiger partial charge is 0.476 e. The number of ether oxygens (including phenoxy) is 3. The minimum Gasteiger partial charge on any atom is -0.476 e. The van der Waals surface area contributed by atoms with Crippen LogP contribution in [-0.4, -0.2) is 76.8 Å². The highest BCUT2D eigenvalue weighted by Crippen LogP contribution is 2.30. The SMILES string of the molecule is CCOc1nn(CC)cc1-c1nnc(SCC(=O)NCCOC)n1CCOC. The van der Waals surface area contributed by atoms with Crippen LogP contribution in [0.1, 0.15) is 13.8 Å². The van der Waals surface area contributed by atoms with Crippen LogP contribution in [0.25, 0.3) is 11.4 Å². The van der Waals surface area contributed by atoms with Gasteiger partial charge in [0.15, 0.2) is 11.0 Å². The van der Waals surface area contributed by atoms with E-state index in [1.807, 2.05) is 24.6 Å². The van der Waals surface area contributed by atoms with E-state index < -0.39 is 0 Å². The summed E-state index contributed by atoms with van der Waals surface area (Å²) in [6.45, 7) is 7.13. The molecule has 2 aromatic rings. The lowest BCUT2D eigenvalue weighted by atomic mass is 10.3. The number of thioether (sulfide) groups is 1. The Morgan fingerprint density at radius 2 is 2.00 bits per heavy atom. The van der Waals surface area contributed by atoms with Crippen molar-refractivity contribution in [2.24, 2.45) is 0 Å².